The third kappa shape index (κ3) is 4.14. The molecule has 0 aromatic carbocycles. The van der Waals surface area contributed by atoms with Crippen LogP contribution in [0.5, 0.6) is 0 Å². The van der Waals surface area contributed by atoms with Crippen molar-refractivity contribution in [1.82, 2.24) is 5.32 Å². The average molecular weight is 286 g/mol. The molecule has 1 fully saturated rings. The standard InChI is InChI=1S/C14H26N2O2S/c1-3-7-11(10-18-2)16-13(17)14(12(15)19)8-5-4-6-9-14/h11H,3-10H2,1-2H3,(H2,15,19)(H,16,17). The van der Waals surface area contributed by atoms with Gasteiger partial charge in [0.25, 0.3) is 0 Å². The van der Waals surface area contributed by atoms with Crippen molar-refractivity contribution in [1.29, 1.82) is 0 Å². The minimum absolute atomic E-state index is 0.00444. The molecule has 0 aromatic rings. The van der Waals surface area contributed by atoms with E-state index < -0.39 is 5.41 Å². The topological polar surface area (TPSA) is 64.3 Å². The number of amides is 1. The van der Waals surface area contributed by atoms with E-state index in [-0.39, 0.29) is 11.9 Å². The highest BCUT2D eigenvalue weighted by Gasteiger charge is 2.42. The van der Waals surface area contributed by atoms with Crippen LogP contribution in [-0.2, 0) is 9.53 Å². The first-order valence-electron chi connectivity index (χ1n) is 7.16. The van der Waals surface area contributed by atoms with Crippen LogP contribution in [0.15, 0.2) is 0 Å². The van der Waals surface area contributed by atoms with Crippen LogP contribution in [-0.4, -0.2) is 30.7 Å². The van der Waals surface area contributed by atoms with Gasteiger partial charge in [0.05, 0.1) is 23.1 Å². The second-order valence-electron chi connectivity index (χ2n) is 5.42. The van der Waals surface area contributed by atoms with Crippen molar-refractivity contribution in [2.75, 3.05) is 13.7 Å². The van der Waals surface area contributed by atoms with E-state index in [2.05, 4.69) is 12.2 Å². The largest absolute Gasteiger partial charge is 0.392 e. The van der Waals surface area contributed by atoms with Crippen LogP contribution < -0.4 is 11.1 Å². The van der Waals surface area contributed by atoms with Gasteiger partial charge in [0.15, 0.2) is 0 Å². The number of methoxy groups -OCH3 is 1. The van der Waals surface area contributed by atoms with Crippen LogP contribution in [0.2, 0.25) is 0 Å². The minimum atomic E-state index is -0.632. The summed E-state index contributed by atoms with van der Waals surface area (Å²) in [5, 5.41) is 3.08. The second kappa shape index (κ2) is 7.80. The zero-order valence-electron chi connectivity index (χ0n) is 12.0. The molecular formula is C14H26N2O2S. The van der Waals surface area contributed by atoms with Crippen LogP contribution in [0, 0.1) is 5.41 Å². The van der Waals surface area contributed by atoms with Crippen molar-refractivity contribution in [3.8, 4) is 0 Å². The van der Waals surface area contributed by atoms with Gasteiger partial charge in [-0.3, -0.25) is 4.79 Å². The zero-order chi connectivity index (χ0) is 14.3. The predicted octanol–water partition coefficient (Wildman–Crippen LogP) is 2.15. The maximum atomic E-state index is 12.6. The molecule has 1 saturated carbocycles. The molecule has 0 bridgehead atoms. The van der Waals surface area contributed by atoms with Crippen LogP contribution in [0.25, 0.3) is 0 Å². The smallest absolute Gasteiger partial charge is 0.233 e. The van der Waals surface area contributed by atoms with Gasteiger partial charge in [-0.2, -0.15) is 0 Å². The quantitative estimate of drug-likeness (QED) is 0.704. The molecule has 0 aromatic heterocycles. The Morgan fingerprint density at radius 3 is 2.53 bits per heavy atom. The summed E-state index contributed by atoms with van der Waals surface area (Å²) in [4.78, 5) is 12.9. The van der Waals surface area contributed by atoms with Crippen molar-refractivity contribution >= 4 is 23.1 Å². The van der Waals surface area contributed by atoms with E-state index in [0.29, 0.717) is 11.6 Å². The normalized spacial score (nSPS) is 19.7. The fourth-order valence-electron chi connectivity index (χ4n) is 2.81. The predicted molar refractivity (Wildman–Crippen MR) is 81.0 cm³/mol. The van der Waals surface area contributed by atoms with Gasteiger partial charge in [-0.15, -0.1) is 0 Å². The fourth-order valence-corrected chi connectivity index (χ4v) is 3.11. The molecule has 0 saturated heterocycles. The molecule has 0 radical (unpaired) electrons. The Labute approximate surface area is 121 Å². The molecule has 0 spiro atoms. The Morgan fingerprint density at radius 1 is 1.42 bits per heavy atom. The lowest BCUT2D eigenvalue weighted by Crippen LogP contribution is -2.53. The third-order valence-corrected chi connectivity index (χ3v) is 4.34. The molecule has 5 heteroatoms. The van der Waals surface area contributed by atoms with Crippen molar-refractivity contribution in [3.05, 3.63) is 0 Å². The van der Waals surface area contributed by atoms with Crippen molar-refractivity contribution in [2.24, 2.45) is 11.1 Å². The summed E-state index contributed by atoms with van der Waals surface area (Å²) >= 11 is 5.17. The lowest BCUT2D eigenvalue weighted by molar-refractivity contribution is -0.130. The number of carbonyl (C=O) groups excluding carboxylic acids is 1. The van der Waals surface area contributed by atoms with Crippen LogP contribution >= 0.6 is 12.2 Å². The van der Waals surface area contributed by atoms with Gasteiger partial charge in [0.1, 0.15) is 0 Å². The first kappa shape index (κ1) is 16.4. The number of thiocarbonyl (C=S) groups is 1. The van der Waals surface area contributed by atoms with Gasteiger partial charge >= 0.3 is 0 Å². The van der Waals surface area contributed by atoms with Crippen LogP contribution in [0.4, 0.5) is 0 Å². The monoisotopic (exact) mass is 286 g/mol. The Balaban J connectivity index is 2.73. The number of hydrogen-bond donors (Lipinski definition) is 2. The van der Waals surface area contributed by atoms with Crippen molar-refractivity contribution < 1.29 is 9.53 Å². The molecule has 0 aliphatic heterocycles. The Hall–Kier alpha value is -0.680. The SMILES string of the molecule is CCCC(COC)NC(=O)C1(C(N)=S)CCCCC1. The van der Waals surface area contributed by atoms with E-state index in [9.17, 15) is 4.79 Å². The number of nitrogens with one attached hydrogen (secondary N) is 1. The van der Waals surface area contributed by atoms with E-state index in [1.54, 1.807) is 7.11 Å². The highest BCUT2D eigenvalue weighted by atomic mass is 32.1. The molecule has 0 heterocycles. The van der Waals surface area contributed by atoms with E-state index in [1.807, 2.05) is 0 Å². The van der Waals surface area contributed by atoms with E-state index in [0.717, 1.165) is 44.9 Å². The van der Waals surface area contributed by atoms with Gasteiger partial charge in [-0.25, -0.2) is 0 Å². The van der Waals surface area contributed by atoms with Gasteiger partial charge in [0.2, 0.25) is 5.91 Å². The Bertz CT molecular complexity index is 309. The molecule has 4 nitrogen and oxygen atoms in total. The molecule has 1 unspecified atom stereocenters. The maximum absolute atomic E-state index is 12.6. The molecular weight excluding hydrogens is 260 g/mol. The molecule has 1 aliphatic carbocycles. The minimum Gasteiger partial charge on any atom is -0.392 e. The second-order valence-corrected chi connectivity index (χ2v) is 5.86. The summed E-state index contributed by atoms with van der Waals surface area (Å²) in [5.74, 6) is -0.00444. The molecule has 3 N–H and O–H groups in total. The fraction of sp³-hybridized carbons (Fsp3) is 0.857. The number of carbonyl (C=O) groups is 1. The Kier molecular flexibility index (Phi) is 6.72. The summed E-state index contributed by atoms with van der Waals surface area (Å²) in [6.45, 7) is 2.63. The Morgan fingerprint density at radius 2 is 2.05 bits per heavy atom. The maximum Gasteiger partial charge on any atom is 0.233 e. The summed E-state index contributed by atoms with van der Waals surface area (Å²) in [6.07, 6.45) is 6.68. The lowest BCUT2D eigenvalue weighted by atomic mass is 9.73. The van der Waals surface area contributed by atoms with Gasteiger partial charge in [0, 0.05) is 7.11 Å². The molecule has 19 heavy (non-hydrogen) atoms. The summed E-state index contributed by atoms with van der Waals surface area (Å²) < 4.78 is 5.16. The van der Waals surface area contributed by atoms with Gasteiger partial charge in [-0.1, -0.05) is 44.8 Å². The number of hydrogen-bond acceptors (Lipinski definition) is 3. The van der Waals surface area contributed by atoms with Crippen molar-refractivity contribution in [3.63, 3.8) is 0 Å². The molecule has 1 atom stereocenters. The molecule has 1 amide bonds. The molecule has 1 rings (SSSR count). The summed E-state index contributed by atoms with van der Waals surface area (Å²) in [5.41, 5.74) is 5.23. The van der Waals surface area contributed by atoms with Crippen LogP contribution in [0.1, 0.15) is 51.9 Å². The first-order chi connectivity index (χ1) is 9.06. The number of ether oxygens (including phenoxy) is 1. The van der Waals surface area contributed by atoms with E-state index in [1.165, 1.54) is 0 Å². The summed E-state index contributed by atoms with van der Waals surface area (Å²) in [7, 11) is 1.65. The zero-order valence-corrected chi connectivity index (χ0v) is 12.9. The van der Waals surface area contributed by atoms with E-state index >= 15 is 0 Å². The number of rotatable bonds is 7. The van der Waals surface area contributed by atoms with Gasteiger partial charge in [-0.05, 0) is 19.3 Å². The molecule has 110 valence electrons. The lowest BCUT2D eigenvalue weighted by Gasteiger charge is -2.36. The van der Waals surface area contributed by atoms with Crippen LogP contribution in [0.3, 0.4) is 0 Å². The average Bonchev–Trinajstić information content (AvgIpc) is 2.39. The highest BCUT2D eigenvalue weighted by Crippen LogP contribution is 2.37. The summed E-state index contributed by atoms with van der Waals surface area (Å²) in [6, 6.07) is 0.0515. The highest BCUT2D eigenvalue weighted by molar-refractivity contribution is 7.80. The van der Waals surface area contributed by atoms with Crippen molar-refractivity contribution in [2.45, 2.75) is 57.9 Å². The number of nitrogens with two attached hydrogens (primary N) is 1. The molecule has 1 aliphatic rings. The first-order valence-corrected chi connectivity index (χ1v) is 7.57. The third-order valence-electron chi connectivity index (χ3n) is 3.95. The van der Waals surface area contributed by atoms with E-state index in [4.69, 9.17) is 22.7 Å². The van der Waals surface area contributed by atoms with Gasteiger partial charge < -0.3 is 15.8 Å².